The molecule has 0 fully saturated rings. The molecule has 0 aliphatic rings. The first-order valence-corrected chi connectivity index (χ1v) is 8.33. The first kappa shape index (κ1) is 16.2. The Hall–Kier alpha value is -2.15. The SMILES string of the molecule is COc1cnn(Cc2ccc(S(=O)(=O)C(C)C)cc2)c(=O)c1. The third kappa shape index (κ3) is 3.36. The smallest absolute Gasteiger partial charge is 0.270 e. The second-order valence-electron chi connectivity index (χ2n) is 5.13. The molecular weight excluding hydrogens is 304 g/mol. The Morgan fingerprint density at radius 3 is 2.36 bits per heavy atom. The number of hydrogen-bond acceptors (Lipinski definition) is 5. The lowest BCUT2D eigenvalue weighted by Gasteiger charge is -2.09. The molecule has 2 aromatic rings. The molecule has 0 bridgehead atoms. The molecule has 0 unspecified atom stereocenters. The maximum Gasteiger partial charge on any atom is 0.270 e. The van der Waals surface area contributed by atoms with Gasteiger partial charge >= 0.3 is 0 Å². The van der Waals surface area contributed by atoms with Gasteiger partial charge in [-0.1, -0.05) is 12.1 Å². The van der Waals surface area contributed by atoms with E-state index in [4.69, 9.17) is 4.74 Å². The van der Waals surface area contributed by atoms with Gasteiger partial charge in [-0.2, -0.15) is 5.10 Å². The molecule has 0 N–H and O–H groups in total. The van der Waals surface area contributed by atoms with Crippen molar-refractivity contribution in [3.63, 3.8) is 0 Å². The van der Waals surface area contributed by atoms with Crippen LogP contribution in [0.1, 0.15) is 19.4 Å². The highest BCUT2D eigenvalue weighted by atomic mass is 32.2. The molecule has 2 rings (SSSR count). The summed E-state index contributed by atoms with van der Waals surface area (Å²) in [6.07, 6.45) is 1.46. The number of ether oxygens (including phenoxy) is 1. The fraction of sp³-hybridized carbons (Fsp3) is 0.333. The lowest BCUT2D eigenvalue weighted by molar-refractivity contribution is 0.407. The summed E-state index contributed by atoms with van der Waals surface area (Å²) in [6.45, 7) is 3.55. The van der Waals surface area contributed by atoms with Gasteiger partial charge in [0.15, 0.2) is 9.84 Å². The lowest BCUT2D eigenvalue weighted by Crippen LogP contribution is -2.22. The monoisotopic (exact) mass is 322 g/mol. The minimum Gasteiger partial charge on any atom is -0.495 e. The van der Waals surface area contributed by atoms with Gasteiger partial charge in [-0.05, 0) is 31.5 Å². The minimum absolute atomic E-state index is 0.269. The molecule has 0 radical (unpaired) electrons. The first-order chi connectivity index (χ1) is 10.3. The zero-order chi connectivity index (χ0) is 16.3. The Morgan fingerprint density at radius 1 is 1.23 bits per heavy atom. The predicted molar refractivity (Wildman–Crippen MR) is 82.9 cm³/mol. The zero-order valence-corrected chi connectivity index (χ0v) is 13.5. The van der Waals surface area contributed by atoms with Crippen LogP contribution < -0.4 is 10.3 Å². The van der Waals surface area contributed by atoms with E-state index in [-0.39, 0.29) is 17.0 Å². The summed E-state index contributed by atoms with van der Waals surface area (Å²) >= 11 is 0. The Labute approximate surface area is 129 Å². The minimum atomic E-state index is -3.28. The number of rotatable bonds is 5. The second-order valence-corrected chi connectivity index (χ2v) is 7.63. The fourth-order valence-corrected chi connectivity index (χ4v) is 2.94. The van der Waals surface area contributed by atoms with Gasteiger partial charge in [0.1, 0.15) is 5.75 Å². The van der Waals surface area contributed by atoms with Gasteiger partial charge in [0.05, 0.1) is 30.0 Å². The third-order valence-corrected chi connectivity index (χ3v) is 5.46. The van der Waals surface area contributed by atoms with Crippen molar-refractivity contribution in [1.82, 2.24) is 9.78 Å². The Balaban J connectivity index is 2.24. The van der Waals surface area contributed by atoms with E-state index in [9.17, 15) is 13.2 Å². The van der Waals surface area contributed by atoms with Gasteiger partial charge in [-0.25, -0.2) is 13.1 Å². The van der Waals surface area contributed by atoms with Crippen molar-refractivity contribution in [2.24, 2.45) is 0 Å². The van der Waals surface area contributed by atoms with Crippen LogP contribution in [0, 0.1) is 0 Å². The number of sulfone groups is 1. The van der Waals surface area contributed by atoms with Crippen LogP contribution in [-0.2, 0) is 16.4 Å². The molecule has 1 aromatic heterocycles. The fourth-order valence-electron chi connectivity index (χ4n) is 1.88. The molecule has 6 nitrogen and oxygen atoms in total. The first-order valence-electron chi connectivity index (χ1n) is 6.78. The van der Waals surface area contributed by atoms with E-state index in [0.29, 0.717) is 5.75 Å². The van der Waals surface area contributed by atoms with Crippen LogP contribution in [-0.4, -0.2) is 30.6 Å². The molecular formula is C15H18N2O4S. The maximum atomic E-state index is 12.0. The van der Waals surface area contributed by atoms with Crippen molar-refractivity contribution >= 4 is 9.84 Å². The number of methoxy groups -OCH3 is 1. The predicted octanol–water partition coefficient (Wildman–Crippen LogP) is 1.48. The van der Waals surface area contributed by atoms with Gasteiger partial charge in [0, 0.05) is 6.07 Å². The summed E-state index contributed by atoms with van der Waals surface area (Å²) in [5.74, 6) is 0.402. The van der Waals surface area contributed by atoms with Crippen LogP contribution in [0.15, 0.2) is 46.2 Å². The summed E-state index contributed by atoms with van der Waals surface area (Å²) < 4.78 is 30.3. The number of benzene rings is 1. The molecule has 0 amide bonds. The highest BCUT2D eigenvalue weighted by Crippen LogP contribution is 2.16. The summed E-state index contributed by atoms with van der Waals surface area (Å²) in [5.41, 5.74) is 0.515. The van der Waals surface area contributed by atoms with E-state index in [1.807, 2.05) is 0 Å². The molecule has 0 aliphatic carbocycles. The zero-order valence-electron chi connectivity index (χ0n) is 12.7. The van der Waals surface area contributed by atoms with Crippen molar-refractivity contribution in [3.05, 3.63) is 52.4 Å². The summed E-state index contributed by atoms with van der Waals surface area (Å²) in [5, 5.41) is 3.54. The third-order valence-electron chi connectivity index (χ3n) is 3.29. The largest absolute Gasteiger partial charge is 0.495 e. The standard InChI is InChI=1S/C15H18N2O4S/c1-11(2)22(19,20)14-6-4-12(5-7-14)10-17-15(18)8-13(21-3)9-16-17/h4-9,11H,10H2,1-3H3. The molecule has 0 saturated carbocycles. The molecule has 0 saturated heterocycles. The van der Waals surface area contributed by atoms with Crippen molar-refractivity contribution in [3.8, 4) is 5.75 Å². The van der Waals surface area contributed by atoms with Gasteiger partial charge in [0.25, 0.3) is 5.56 Å². The van der Waals surface area contributed by atoms with Gasteiger partial charge < -0.3 is 4.74 Å². The number of nitrogens with zero attached hydrogens (tertiary/aromatic N) is 2. The van der Waals surface area contributed by atoms with Gasteiger partial charge in [-0.3, -0.25) is 4.79 Å². The molecule has 22 heavy (non-hydrogen) atoms. The topological polar surface area (TPSA) is 78.3 Å². The summed E-state index contributed by atoms with van der Waals surface area (Å²) in [7, 11) is -1.82. The molecule has 7 heteroatoms. The Bertz CT molecular complexity index is 808. The van der Waals surface area contributed by atoms with Crippen LogP contribution in [0.25, 0.3) is 0 Å². The summed E-state index contributed by atoms with van der Waals surface area (Å²) in [6, 6.07) is 7.84. The lowest BCUT2D eigenvalue weighted by atomic mass is 10.2. The van der Waals surface area contributed by atoms with Gasteiger partial charge in [-0.15, -0.1) is 0 Å². The van der Waals surface area contributed by atoms with Gasteiger partial charge in [0.2, 0.25) is 0 Å². The van der Waals surface area contributed by atoms with E-state index in [0.717, 1.165) is 5.56 Å². The van der Waals surface area contributed by atoms with E-state index in [1.54, 1.807) is 38.1 Å². The molecule has 0 aliphatic heterocycles. The van der Waals surface area contributed by atoms with Crippen LogP contribution in [0.2, 0.25) is 0 Å². The van der Waals surface area contributed by atoms with Crippen molar-refractivity contribution < 1.29 is 13.2 Å². The van der Waals surface area contributed by atoms with Crippen molar-refractivity contribution in [2.75, 3.05) is 7.11 Å². The average Bonchev–Trinajstić information content (AvgIpc) is 2.49. The number of hydrogen-bond donors (Lipinski definition) is 0. The van der Waals surface area contributed by atoms with E-state index < -0.39 is 15.1 Å². The van der Waals surface area contributed by atoms with Crippen LogP contribution in [0.3, 0.4) is 0 Å². The molecule has 0 spiro atoms. The molecule has 1 aromatic carbocycles. The van der Waals surface area contributed by atoms with Crippen molar-refractivity contribution in [1.29, 1.82) is 0 Å². The highest BCUT2D eigenvalue weighted by molar-refractivity contribution is 7.92. The van der Waals surface area contributed by atoms with Crippen LogP contribution in [0.5, 0.6) is 5.75 Å². The quantitative estimate of drug-likeness (QED) is 0.833. The molecule has 118 valence electrons. The Morgan fingerprint density at radius 2 is 1.86 bits per heavy atom. The van der Waals surface area contributed by atoms with Crippen LogP contribution in [0.4, 0.5) is 0 Å². The second kappa shape index (κ2) is 6.31. The van der Waals surface area contributed by atoms with E-state index in [2.05, 4.69) is 5.10 Å². The van der Waals surface area contributed by atoms with Crippen molar-refractivity contribution in [2.45, 2.75) is 30.5 Å². The average molecular weight is 322 g/mol. The maximum absolute atomic E-state index is 12.0. The molecule has 0 atom stereocenters. The normalized spacial score (nSPS) is 11.6. The Kier molecular flexibility index (Phi) is 4.65. The molecule has 1 heterocycles. The summed E-state index contributed by atoms with van der Waals surface area (Å²) in [4.78, 5) is 12.1. The van der Waals surface area contributed by atoms with E-state index >= 15 is 0 Å². The number of aromatic nitrogens is 2. The van der Waals surface area contributed by atoms with Crippen LogP contribution >= 0.6 is 0 Å². The highest BCUT2D eigenvalue weighted by Gasteiger charge is 2.18. The van der Waals surface area contributed by atoms with E-state index in [1.165, 1.54) is 24.1 Å².